The first kappa shape index (κ1) is 44.3. The van der Waals surface area contributed by atoms with Gasteiger partial charge in [0.05, 0.1) is 6.10 Å². The Morgan fingerprint density at radius 3 is 1.36 bits per heavy atom. The summed E-state index contributed by atoms with van der Waals surface area (Å²) >= 11 is 0. The number of rotatable bonds is 32. The van der Waals surface area contributed by atoms with E-state index in [0.717, 1.165) is 44.9 Å². The van der Waals surface area contributed by atoms with E-state index in [1.807, 2.05) is 0 Å². The highest BCUT2D eigenvalue weighted by Gasteiger charge is 2.52. The normalized spacial score (nSPS) is 14.7. The molecule has 4 nitrogen and oxygen atoms in total. The second-order valence-electron chi connectivity index (χ2n) is 15.6. The molecule has 0 aliphatic rings. The summed E-state index contributed by atoms with van der Waals surface area (Å²) in [6.07, 6.45) is 35.4. The van der Waals surface area contributed by atoms with Crippen LogP contribution in [-0.4, -0.2) is 36.2 Å². The van der Waals surface area contributed by atoms with Gasteiger partial charge in [0.2, 0.25) is 0 Å². The average molecular weight is 653 g/mol. The van der Waals surface area contributed by atoms with E-state index in [1.54, 1.807) is 0 Å². The lowest BCUT2D eigenvalue weighted by atomic mass is 9.87. The van der Waals surface area contributed by atoms with Gasteiger partial charge in [-0.05, 0) is 63.1 Å². The number of carbonyl (C=O) groups is 1. The molecule has 0 saturated carbocycles. The van der Waals surface area contributed by atoms with Gasteiger partial charge in [0.15, 0.2) is 13.9 Å². The van der Waals surface area contributed by atoms with Crippen LogP contribution in [0.4, 0.5) is 0 Å². The van der Waals surface area contributed by atoms with Gasteiger partial charge in [-0.15, -0.1) is 0 Å². The van der Waals surface area contributed by atoms with Crippen LogP contribution in [-0.2, 0) is 9.22 Å². The molecule has 2 atom stereocenters. The lowest BCUT2D eigenvalue weighted by molar-refractivity contribution is -0.170. The van der Waals surface area contributed by atoms with Crippen molar-refractivity contribution >= 4 is 14.3 Å². The summed E-state index contributed by atoms with van der Waals surface area (Å²) in [4.78, 5) is 12.9. The van der Waals surface area contributed by atoms with Crippen molar-refractivity contribution in [2.75, 3.05) is 0 Å². The molecule has 0 aromatic heterocycles. The van der Waals surface area contributed by atoms with Gasteiger partial charge < -0.3 is 14.6 Å². The summed E-state index contributed by atoms with van der Waals surface area (Å²) in [5.41, 5.74) is -1.50. The van der Waals surface area contributed by atoms with E-state index in [1.165, 1.54) is 116 Å². The molecule has 0 aliphatic carbocycles. The molecule has 0 aliphatic heterocycles. The highest BCUT2D eigenvalue weighted by molar-refractivity contribution is 6.74. The van der Waals surface area contributed by atoms with Gasteiger partial charge in [-0.2, -0.15) is 0 Å². The van der Waals surface area contributed by atoms with Gasteiger partial charge in [0.1, 0.15) is 0 Å². The van der Waals surface area contributed by atoms with Gasteiger partial charge in [0.25, 0.3) is 0 Å². The summed E-state index contributed by atoms with van der Waals surface area (Å²) in [5, 5.41) is 21.9. The minimum Gasteiger partial charge on any atom is -0.479 e. The largest absolute Gasteiger partial charge is 0.479 e. The summed E-state index contributed by atoms with van der Waals surface area (Å²) in [6.45, 7) is 15.2. The van der Waals surface area contributed by atoms with Crippen LogP contribution < -0.4 is 0 Å². The van der Waals surface area contributed by atoms with Gasteiger partial charge in [-0.25, -0.2) is 4.79 Å². The average Bonchev–Trinajstić information content (AvgIpc) is 2.98. The molecule has 0 aromatic rings. The minimum absolute atomic E-state index is 0.118. The zero-order valence-electron chi connectivity index (χ0n) is 31.5. The van der Waals surface area contributed by atoms with Crippen molar-refractivity contribution in [3.63, 3.8) is 0 Å². The van der Waals surface area contributed by atoms with Crippen LogP contribution >= 0.6 is 0 Å². The lowest BCUT2D eigenvalue weighted by Gasteiger charge is -2.45. The highest BCUT2D eigenvalue weighted by atomic mass is 28.4. The van der Waals surface area contributed by atoms with Crippen molar-refractivity contribution in [1.82, 2.24) is 0 Å². The predicted octanol–water partition coefficient (Wildman–Crippen LogP) is 13.3. The zero-order valence-corrected chi connectivity index (χ0v) is 32.5. The van der Waals surface area contributed by atoms with Crippen molar-refractivity contribution in [3.05, 3.63) is 12.2 Å². The van der Waals surface area contributed by atoms with Crippen LogP contribution in [0.1, 0.15) is 208 Å². The molecule has 268 valence electrons. The maximum absolute atomic E-state index is 12.9. The Morgan fingerprint density at radius 2 is 0.978 bits per heavy atom. The number of carboxylic acids is 1. The van der Waals surface area contributed by atoms with Crippen LogP contribution in [0, 0.1) is 0 Å². The third-order valence-corrected chi connectivity index (χ3v) is 14.8. The highest BCUT2D eigenvalue weighted by Crippen LogP contribution is 2.42. The summed E-state index contributed by atoms with van der Waals surface area (Å²) in [7, 11) is -2.41. The SMILES string of the molecule is CCCCCCCCC=CCCCCCCCC(O)C(CCCCCCCCCCCCCC)(O[Si](C)(C)C(C)(C)C)C(=O)O. The molecular formula is C40H80O4Si. The first-order valence-corrected chi connectivity index (χ1v) is 22.6. The number of carboxylic acid groups (broad SMARTS) is 1. The van der Waals surface area contributed by atoms with Crippen molar-refractivity contribution in [1.29, 1.82) is 0 Å². The molecule has 5 heteroatoms. The maximum atomic E-state index is 12.9. The number of hydrogen-bond acceptors (Lipinski definition) is 3. The Morgan fingerprint density at radius 1 is 0.622 bits per heavy atom. The summed E-state index contributed by atoms with van der Waals surface area (Å²) < 4.78 is 6.67. The molecule has 0 heterocycles. The molecule has 0 amide bonds. The maximum Gasteiger partial charge on any atom is 0.337 e. The van der Waals surface area contributed by atoms with Crippen molar-refractivity contribution in [2.24, 2.45) is 0 Å². The number of hydrogen-bond donors (Lipinski definition) is 2. The van der Waals surface area contributed by atoms with E-state index >= 15 is 0 Å². The third kappa shape index (κ3) is 21.8. The van der Waals surface area contributed by atoms with Crippen LogP contribution in [0.3, 0.4) is 0 Å². The first-order valence-electron chi connectivity index (χ1n) is 19.7. The Bertz CT molecular complexity index is 714. The zero-order chi connectivity index (χ0) is 33.9. The number of aliphatic hydroxyl groups is 1. The first-order chi connectivity index (χ1) is 21.4. The fraction of sp³-hybridized carbons (Fsp3) is 0.925. The number of allylic oxidation sites excluding steroid dienone is 2. The van der Waals surface area contributed by atoms with E-state index in [0.29, 0.717) is 12.8 Å². The van der Waals surface area contributed by atoms with E-state index in [4.69, 9.17) is 4.43 Å². The Balaban J connectivity index is 4.61. The lowest BCUT2D eigenvalue weighted by Crippen LogP contribution is -2.59. The van der Waals surface area contributed by atoms with Crippen molar-refractivity contribution in [3.8, 4) is 0 Å². The van der Waals surface area contributed by atoms with Crippen molar-refractivity contribution in [2.45, 2.75) is 238 Å². The molecule has 0 spiro atoms. The monoisotopic (exact) mass is 653 g/mol. The minimum atomic E-state index is -2.41. The Labute approximate surface area is 283 Å². The molecule has 2 unspecified atom stereocenters. The second kappa shape index (κ2) is 27.3. The predicted molar refractivity (Wildman–Crippen MR) is 200 cm³/mol. The molecule has 2 N–H and O–H groups in total. The van der Waals surface area contributed by atoms with Crippen LogP contribution in [0.25, 0.3) is 0 Å². The van der Waals surface area contributed by atoms with Crippen LogP contribution in [0.5, 0.6) is 0 Å². The fourth-order valence-electron chi connectivity index (χ4n) is 6.06. The second-order valence-corrected chi connectivity index (χ2v) is 20.3. The quantitative estimate of drug-likeness (QED) is 0.0431. The van der Waals surface area contributed by atoms with E-state index in [9.17, 15) is 15.0 Å². The van der Waals surface area contributed by atoms with Crippen LogP contribution in [0.15, 0.2) is 12.2 Å². The Kier molecular flexibility index (Phi) is 26.9. The smallest absolute Gasteiger partial charge is 0.337 e. The van der Waals surface area contributed by atoms with Crippen LogP contribution in [0.2, 0.25) is 18.1 Å². The van der Waals surface area contributed by atoms with Gasteiger partial charge in [0, 0.05) is 0 Å². The van der Waals surface area contributed by atoms with Gasteiger partial charge >= 0.3 is 5.97 Å². The molecule has 45 heavy (non-hydrogen) atoms. The van der Waals surface area contributed by atoms with Gasteiger partial charge in [-0.1, -0.05) is 175 Å². The topological polar surface area (TPSA) is 66.8 Å². The standard InChI is InChI=1S/C40H80O4Si/c1-8-10-12-14-16-18-20-22-23-24-25-27-29-31-33-35-37(41)40(38(42)43,44-45(6,7)39(3,4)5)36-34-32-30-28-26-21-19-17-15-13-11-9-2/h22-23,37,41H,8-21,24-36H2,1-7H3,(H,42,43). The van der Waals surface area contributed by atoms with E-state index in [-0.39, 0.29) is 5.04 Å². The number of unbranched alkanes of at least 4 members (excludes halogenated alkanes) is 22. The summed E-state index contributed by atoms with van der Waals surface area (Å²) in [5.74, 6) is -0.976. The van der Waals surface area contributed by atoms with Crippen molar-refractivity contribution < 1.29 is 19.4 Å². The third-order valence-electron chi connectivity index (χ3n) is 10.3. The molecular weight excluding hydrogens is 573 g/mol. The fourth-order valence-corrected chi connectivity index (χ4v) is 7.60. The molecule has 0 saturated heterocycles. The molecule has 0 radical (unpaired) electrons. The molecule has 0 aromatic carbocycles. The van der Waals surface area contributed by atoms with E-state index in [2.05, 4.69) is 59.9 Å². The molecule has 0 bridgehead atoms. The number of aliphatic carboxylic acids is 1. The molecule has 0 rings (SSSR count). The number of aliphatic hydroxyl groups excluding tert-OH is 1. The summed E-state index contributed by atoms with van der Waals surface area (Å²) in [6, 6.07) is 0. The Hall–Kier alpha value is -0.653. The van der Waals surface area contributed by atoms with E-state index < -0.39 is 26.0 Å². The molecule has 0 fully saturated rings. The van der Waals surface area contributed by atoms with Gasteiger partial charge in [-0.3, -0.25) is 0 Å².